The Balaban J connectivity index is 1.16. The number of carbonyl (C=O) groups is 1. The molecule has 4 aliphatic heterocycles. The molecule has 7 nitrogen and oxygen atoms in total. The molecule has 7 heteroatoms. The van der Waals surface area contributed by atoms with Gasteiger partial charge in [-0.3, -0.25) is 14.8 Å². The molecule has 332 valence electrons. The van der Waals surface area contributed by atoms with Gasteiger partial charge in [-0.1, -0.05) is 170 Å². The molecule has 2 unspecified atom stereocenters. The van der Waals surface area contributed by atoms with Gasteiger partial charge < -0.3 is 19.6 Å². The average molecular weight is 885 g/mol. The molecular formula is C61H52N6O. The van der Waals surface area contributed by atoms with Gasteiger partial charge in [-0.15, -0.1) is 0 Å². The molecule has 0 fully saturated rings. The number of rotatable bonds is 10. The lowest BCUT2D eigenvalue weighted by molar-refractivity contribution is -0.109. The van der Waals surface area contributed by atoms with Crippen LogP contribution in [0.15, 0.2) is 218 Å². The molecule has 6 aromatic carbocycles. The Hall–Kier alpha value is -8.03. The van der Waals surface area contributed by atoms with E-state index < -0.39 is 0 Å². The van der Waals surface area contributed by atoms with Gasteiger partial charge in [-0.25, -0.2) is 0 Å². The van der Waals surface area contributed by atoms with E-state index in [-0.39, 0.29) is 17.9 Å². The van der Waals surface area contributed by atoms with E-state index >= 15 is 4.79 Å². The predicted octanol–water partition coefficient (Wildman–Crippen LogP) is 11.8. The summed E-state index contributed by atoms with van der Waals surface area (Å²) >= 11 is 0. The predicted molar refractivity (Wildman–Crippen MR) is 272 cm³/mol. The van der Waals surface area contributed by atoms with Crippen LogP contribution in [0.4, 0.5) is 11.4 Å². The van der Waals surface area contributed by atoms with E-state index in [2.05, 4.69) is 202 Å². The maximum absolute atomic E-state index is 17.3. The number of allylic oxidation sites excluding steroid dienone is 2. The number of carbonyl (C=O) groups excluding carboxylic acids is 1. The van der Waals surface area contributed by atoms with Crippen molar-refractivity contribution < 1.29 is 4.79 Å². The van der Waals surface area contributed by atoms with Gasteiger partial charge in [0.2, 0.25) is 0 Å². The van der Waals surface area contributed by atoms with Gasteiger partial charge in [0.05, 0.1) is 34.6 Å². The number of fused-ring (bicyclic) bond motifs is 4. The van der Waals surface area contributed by atoms with Crippen LogP contribution in [0.3, 0.4) is 0 Å². The van der Waals surface area contributed by atoms with Crippen LogP contribution in [0.1, 0.15) is 67.7 Å². The minimum atomic E-state index is -0.294. The molecule has 12 rings (SSSR count). The van der Waals surface area contributed by atoms with Crippen molar-refractivity contribution in [2.45, 2.75) is 51.1 Å². The number of ketones is 1. The van der Waals surface area contributed by atoms with Gasteiger partial charge >= 0.3 is 0 Å². The summed E-state index contributed by atoms with van der Waals surface area (Å²) in [5.41, 5.74) is 17.1. The fourth-order valence-corrected chi connectivity index (χ4v) is 11.3. The Morgan fingerprint density at radius 3 is 1.22 bits per heavy atom. The minimum Gasteiger partial charge on any atom is -0.368 e. The lowest BCUT2D eigenvalue weighted by Crippen LogP contribution is -2.44. The van der Waals surface area contributed by atoms with E-state index in [9.17, 15) is 0 Å². The fraction of sp³-hybridized carbons (Fsp3) is 0.164. The van der Waals surface area contributed by atoms with Crippen molar-refractivity contribution in [2.75, 3.05) is 22.9 Å². The van der Waals surface area contributed by atoms with Crippen LogP contribution in [-0.2, 0) is 43.8 Å². The van der Waals surface area contributed by atoms with E-state index in [1.807, 2.05) is 24.8 Å². The molecule has 0 bridgehead atoms. The summed E-state index contributed by atoms with van der Waals surface area (Å²) in [6.07, 6.45) is 9.40. The van der Waals surface area contributed by atoms with Crippen molar-refractivity contribution >= 4 is 28.3 Å². The van der Waals surface area contributed by atoms with E-state index in [1.165, 1.54) is 33.4 Å². The second-order valence-corrected chi connectivity index (χ2v) is 18.4. The van der Waals surface area contributed by atoms with Crippen LogP contribution in [0.25, 0.3) is 11.1 Å². The number of nitrogens with zero attached hydrogens (tertiary/aromatic N) is 6. The molecule has 68 heavy (non-hydrogen) atoms. The van der Waals surface area contributed by atoms with Gasteiger partial charge in [0.15, 0.2) is 5.78 Å². The molecule has 2 atom stereocenters. The molecule has 2 aromatic heterocycles. The molecule has 0 saturated heterocycles. The highest BCUT2D eigenvalue weighted by molar-refractivity contribution is 6.44. The monoisotopic (exact) mass is 884 g/mol. The summed E-state index contributed by atoms with van der Waals surface area (Å²) in [6, 6.07) is 64.3. The Labute approximate surface area is 399 Å². The third kappa shape index (κ3) is 7.54. The van der Waals surface area contributed by atoms with Crippen molar-refractivity contribution in [1.29, 1.82) is 0 Å². The minimum absolute atomic E-state index is 0.00296. The maximum atomic E-state index is 17.3. The Bertz CT molecular complexity index is 2970. The topological polar surface area (TPSA) is 55.8 Å². The molecule has 0 saturated carbocycles. The number of Topliss-reactive ketones (excluding diaryl/α,β-unsaturated/α-hetero) is 1. The van der Waals surface area contributed by atoms with E-state index in [1.54, 1.807) is 0 Å². The Kier molecular flexibility index (Phi) is 11.0. The molecule has 8 aromatic rings. The summed E-state index contributed by atoms with van der Waals surface area (Å²) in [6.45, 7) is 4.20. The molecule has 6 heterocycles. The third-order valence-corrected chi connectivity index (χ3v) is 14.4. The number of anilines is 2. The number of benzene rings is 6. The number of pyridine rings is 2. The summed E-state index contributed by atoms with van der Waals surface area (Å²) in [5, 5.41) is 0. The van der Waals surface area contributed by atoms with Crippen LogP contribution in [0, 0.1) is 0 Å². The van der Waals surface area contributed by atoms with Gasteiger partial charge in [0, 0.05) is 86.6 Å². The molecular weight excluding hydrogens is 833 g/mol. The highest BCUT2D eigenvalue weighted by atomic mass is 16.1. The normalized spacial score (nSPS) is 17.6. The van der Waals surface area contributed by atoms with Gasteiger partial charge in [-0.2, -0.15) is 0 Å². The first-order chi connectivity index (χ1) is 33.7. The van der Waals surface area contributed by atoms with E-state index in [0.717, 1.165) is 71.0 Å². The first-order valence-electron chi connectivity index (χ1n) is 23.9. The largest absolute Gasteiger partial charge is 0.368 e. The lowest BCUT2D eigenvalue weighted by atomic mass is 9.79. The zero-order valence-electron chi connectivity index (χ0n) is 38.0. The molecule has 0 aliphatic carbocycles. The smallest absolute Gasteiger partial charge is 0.198 e. The van der Waals surface area contributed by atoms with Crippen molar-refractivity contribution in [3.8, 4) is 0 Å². The van der Waals surface area contributed by atoms with Crippen molar-refractivity contribution in [3.05, 3.63) is 274 Å². The van der Waals surface area contributed by atoms with Crippen LogP contribution in [0.5, 0.6) is 0 Å². The maximum Gasteiger partial charge on any atom is 0.198 e. The first kappa shape index (κ1) is 41.4. The third-order valence-electron chi connectivity index (χ3n) is 14.4. The van der Waals surface area contributed by atoms with Crippen LogP contribution < -0.4 is 9.80 Å². The first-order valence-corrected chi connectivity index (χ1v) is 23.9. The summed E-state index contributed by atoms with van der Waals surface area (Å²) in [4.78, 5) is 37.1. The summed E-state index contributed by atoms with van der Waals surface area (Å²) in [5.74, 6) is -0.00296. The Morgan fingerprint density at radius 1 is 0.441 bits per heavy atom. The SMILES string of the molecule is O=C(C1=C(N2CCc3ccccc3C2)C(c2ccccc2)N(Cc2ccccc2)c2ccncc21)C1=C(N2CCc3ccccc3C2)C(c2ccccc2)N(Cc2ccccc2)c2ccncc21. The van der Waals surface area contributed by atoms with E-state index in [4.69, 9.17) is 9.97 Å². The zero-order valence-corrected chi connectivity index (χ0v) is 38.0. The fourth-order valence-electron chi connectivity index (χ4n) is 11.3. The van der Waals surface area contributed by atoms with Crippen molar-refractivity contribution in [1.82, 2.24) is 19.8 Å². The molecule has 0 spiro atoms. The number of aromatic nitrogens is 2. The zero-order chi connectivity index (χ0) is 45.4. The highest BCUT2D eigenvalue weighted by Crippen LogP contribution is 2.53. The molecule has 0 N–H and O–H groups in total. The molecule has 0 amide bonds. The standard InChI is InChI=1S/C61H52N6O/c68-61(55-51-37-62-33-29-53(51)66(39-43-17-5-1-6-18-43)57(47-23-9-3-10-24-47)59(55)64-35-31-45-21-13-15-27-49(45)41-64)56-52-38-63-34-30-54(52)67(40-44-19-7-2-8-20-44)58(48-25-11-4-12-26-48)60(56)65-36-32-46-22-14-16-28-50(46)42-65/h1-30,33-34,37-38,57-58H,31-32,35-36,39-42H2. The van der Waals surface area contributed by atoms with Crippen LogP contribution in [-0.4, -0.2) is 38.6 Å². The second kappa shape index (κ2) is 18.0. The van der Waals surface area contributed by atoms with Crippen LogP contribution >= 0.6 is 0 Å². The van der Waals surface area contributed by atoms with Crippen molar-refractivity contribution in [3.63, 3.8) is 0 Å². The van der Waals surface area contributed by atoms with Crippen LogP contribution in [0.2, 0.25) is 0 Å². The van der Waals surface area contributed by atoms with Gasteiger partial charge in [0.1, 0.15) is 0 Å². The summed E-state index contributed by atoms with van der Waals surface area (Å²) in [7, 11) is 0. The average Bonchev–Trinajstić information content (AvgIpc) is 3.41. The van der Waals surface area contributed by atoms with E-state index in [0.29, 0.717) is 37.3 Å². The quantitative estimate of drug-likeness (QED) is 0.136. The number of hydrogen-bond donors (Lipinski definition) is 0. The lowest BCUT2D eigenvalue weighted by Gasteiger charge is -2.48. The number of hydrogen-bond acceptors (Lipinski definition) is 7. The van der Waals surface area contributed by atoms with Gasteiger partial charge in [-0.05, 0) is 69.5 Å². The Morgan fingerprint density at radius 2 is 0.809 bits per heavy atom. The summed E-state index contributed by atoms with van der Waals surface area (Å²) < 4.78 is 0. The molecule has 0 radical (unpaired) electrons. The molecule has 4 aliphatic rings. The van der Waals surface area contributed by atoms with Gasteiger partial charge in [0.25, 0.3) is 0 Å². The second-order valence-electron chi connectivity index (χ2n) is 18.4. The highest BCUT2D eigenvalue weighted by Gasteiger charge is 2.45. The van der Waals surface area contributed by atoms with Crippen molar-refractivity contribution in [2.24, 2.45) is 0 Å².